The lowest BCUT2D eigenvalue weighted by atomic mass is 9.88. The number of guanidine groups is 1. The highest BCUT2D eigenvalue weighted by molar-refractivity contribution is 5.81. The molecule has 0 spiro atoms. The number of ether oxygens (including phenoxy) is 1. The van der Waals surface area contributed by atoms with Gasteiger partial charge in [0.15, 0.2) is 5.96 Å². The van der Waals surface area contributed by atoms with Gasteiger partial charge in [-0.15, -0.1) is 0 Å². The number of amides is 1. The molecule has 1 aliphatic heterocycles. The van der Waals surface area contributed by atoms with E-state index in [9.17, 15) is 4.79 Å². The third kappa shape index (κ3) is 6.58. The van der Waals surface area contributed by atoms with E-state index in [2.05, 4.69) is 27.4 Å². The average molecular weight is 428 g/mol. The van der Waals surface area contributed by atoms with Crippen LogP contribution in [0.15, 0.2) is 23.3 Å². The van der Waals surface area contributed by atoms with Crippen LogP contribution in [0.5, 0.6) is 5.88 Å². The van der Waals surface area contributed by atoms with Crippen LogP contribution in [-0.4, -0.2) is 54.0 Å². The van der Waals surface area contributed by atoms with Crippen LogP contribution < -0.4 is 15.4 Å². The van der Waals surface area contributed by atoms with Gasteiger partial charge in [-0.1, -0.05) is 25.3 Å². The lowest BCUT2D eigenvalue weighted by molar-refractivity contribution is -0.135. The molecule has 0 bridgehead atoms. The molecular weight excluding hydrogens is 390 g/mol. The Balaban J connectivity index is 1.26. The predicted octanol–water partition coefficient (Wildman–Crippen LogP) is 3.11. The summed E-state index contributed by atoms with van der Waals surface area (Å²) >= 11 is 0. The smallest absolute Gasteiger partial charge is 0.225 e. The van der Waals surface area contributed by atoms with Gasteiger partial charge in [-0.05, 0) is 50.5 Å². The summed E-state index contributed by atoms with van der Waals surface area (Å²) in [6.07, 6.45) is 11.2. The third-order valence-electron chi connectivity index (χ3n) is 6.52. The zero-order valence-electron chi connectivity index (χ0n) is 18.8. The van der Waals surface area contributed by atoms with Crippen molar-refractivity contribution < 1.29 is 9.53 Å². The Morgan fingerprint density at radius 1 is 1.19 bits per heavy atom. The summed E-state index contributed by atoms with van der Waals surface area (Å²) in [6, 6.07) is 4.21. The largest absolute Gasteiger partial charge is 0.477 e. The number of carbonyl (C=O) groups excluding carboxylic acids is 1. The van der Waals surface area contributed by atoms with Crippen LogP contribution in [-0.2, 0) is 11.3 Å². The highest BCUT2D eigenvalue weighted by Gasteiger charge is 2.31. The molecule has 2 heterocycles. The molecule has 4 rings (SSSR count). The van der Waals surface area contributed by atoms with Gasteiger partial charge in [-0.2, -0.15) is 0 Å². The Hall–Kier alpha value is -2.31. The number of likely N-dealkylation sites (tertiary alicyclic amines) is 1. The lowest BCUT2D eigenvalue weighted by Crippen LogP contribution is -2.45. The number of aliphatic imine (C=N–C) groups is 1. The summed E-state index contributed by atoms with van der Waals surface area (Å²) in [5, 5.41) is 6.85. The normalized spacial score (nSPS) is 22.4. The van der Waals surface area contributed by atoms with Gasteiger partial charge in [-0.25, -0.2) is 9.98 Å². The van der Waals surface area contributed by atoms with Crippen LogP contribution in [0.4, 0.5) is 0 Å². The quantitative estimate of drug-likeness (QED) is 0.492. The second-order valence-electron chi connectivity index (χ2n) is 9.20. The Kier molecular flexibility index (Phi) is 7.65. The molecular formula is C24H37N5O2. The minimum absolute atomic E-state index is 0.248. The zero-order valence-corrected chi connectivity index (χ0v) is 18.8. The molecule has 7 heteroatoms. The fourth-order valence-corrected chi connectivity index (χ4v) is 4.45. The van der Waals surface area contributed by atoms with Gasteiger partial charge in [0.25, 0.3) is 0 Å². The minimum Gasteiger partial charge on any atom is -0.477 e. The van der Waals surface area contributed by atoms with E-state index in [1.54, 1.807) is 0 Å². The fraction of sp³-hybridized carbons (Fsp3) is 0.708. The van der Waals surface area contributed by atoms with E-state index in [-0.39, 0.29) is 12.0 Å². The van der Waals surface area contributed by atoms with E-state index >= 15 is 0 Å². The lowest BCUT2D eigenvalue weighted by Gasteiger charge is -2.26. The standard InChI is InChI=1S/C24H37N5O2/c1-2-25-24(27-15-19-10-11-22(26-14-19)31-17-18-8-9-18)28-21-12-13-29(16-21)23(30)20-6-4-3-5-7-20/h10-11,14,18,20-21H,2-9,12-13,15-17H2,1H3,(H2,25,27,28). The summed E-state index contributed by atoms with van der Waals surface area (Å²) in [6.45, 7) is 5.82. The van der Waals surface area contributed by atoms with E-state index < -0.39 is 0 Å². The van der Waals surface area contributed by atoms with Crippen LogP contribution in [0, 0.1) is 11.8 Å². The Morgan fingerprint density at radius 2 is 2.03 bits per heavy atom. The molecule has 2 N–H and O–H groups in total. The number of hydrogen-bond donors (Lipinski definition) is 2. The molecule has 1 amide bonds. The van der Waals surface area contributed by atoms with Crippen molar-refractivity contribution in [3.05, 3.63) is 23.9 Å². The van der Waals surface area contributed by atoms with Crippen LogP contribution >= 0.6 is 0 Å². The third-order valence-corrected chi connectivity index (χ3v) is 6.52. The SMILES string of the molecule is CCNC(=NCc1ccc(OCC2CC2)nc1)NC1CCN(C(=O)C2CCCCC2)C1. The molecule has 1 saturated heterocycles. The Labute approximate surface area is 186 Å². The van der Waals surface area contributed by atoms with Crippen molar-refractivity contribution in [3.63, 3.8) is 0 Å². The first-order valence-electron chi connectivity index (χ1n) is 12.1. The molecule has 1 aromatic rings. The van der Waals surface area contributed by atoms with E-state index in [0.29, 0.717) is 18.3 Å². The van der Waals surface area contributed by atoms with E-state index in [1.807, 2.05) is 18.3 Å². The van der Waals surface area contributed by atoms with Gasteiger partial charge in [0.2, 0.25) is 11.8 Å². The maximum atomic E-state index is 12.8. The van der Waals surface area contributed by atoms with Gasteiger partial charge < -0.3 is 20.3 Å². The zero-order chi connectivity index (χ0) is 21.5. The van der Waals surface area contributed by atoms with E-state index in [4.69, 9.17) is 9.73 Å². The van der Waals surface area contributed by atoms with Gasteiger partial charge in [0.05, 0.1) is 13.2 Å². The summed E-state index contributed by atoms with van der Waals surface area (Å²) in [7, 11) is 0. The van der Waals surface area contributed by atoms with Crippen molar-refractivity contribution >= 4 is 11.9 Å². The Bertz CT molecular complexity index is 741. The molecule has 31 heavy (non-hydrogen) atoms. The molecule has 2 aliphatic carbocycles. The van der Waals surface area contributed by atoms with E-state index in [0.717, 1.165) is 62.9 Å². The number of carbonyl (C=O) groups is 1. The second kappa shape index (κ2) is 10.8. The molecule has 1 unspecified atom stereocenters. The molecule has 7 nitrogen and oxygen atoms in total. The maximum Gasteiger partial charge on any atom is 0.225 e. The first-order chi connectivity index (χ1) is 15.2. The minimum atomic E-state index is 0.248. The van der Waals surface area contributed by atoms with Crippen LogP contribution in [0.25, 0.3) is 0 Å². The van der Waals surface area contributed by atoms with Crippen LogP contribution in [0.1, 0.15) is 63.9 Å². The monoisotopic (exact) mass is 427 g/mol. The molecule has 0 radical (unpaired) electrons. The molecule has 1 atom stereocenters. The van der Waals surface area contributed by atoms with E-state index in [1.165, 1.54) is 32.1 Å². The van der Waals surface area contributed by atoms with Crippen molar-refractivity contribution in [2.75, 3.05) is 26.2 Å². The number of rotatable bonds is 8. The molecule has 2 saturated carbocycles. The highest BCUT2D eigenvalue weighted by Crippen LogP contribution is 2.29. The van der Waals surface area contributed by atoms with Crippen molar-refractivity contribution in [1.29, 1.82) is 0 Å². The molecule has 0 aromatic carbocycles. The first kappa shape index (κ1) is 21.9. The van der Waals surface area contributed by atoms with Gasteiger partial charge in [0.1, 0.15) is 0 Å². The topological polar surface area (TPSA) is 78.9 Å². The van der Waals surface area contributed by atoms with Gasteiger partial charge in [0, 0.05) is 43.9 Å². The highest BCUT2D eigenvalue weighted by atomic mass is 16.5. The van der Waals surface area contributed by atoms with Crippen LogP contribution in [0.2, 0.25) is 0 Å². The van der Waals surface area contributed by atoms with Gasteiger partial charge >= 0.3 is 0 Å². The average Bonchev–Trinajstić information content (AvgIpc) is 3.53. The number of nitrogens with one attached hydrogen (secondary N) is 2. The Morgan fingerprint density at radius 3 is 2.74 bits per heavy atom. The summed E-state index contributed by atoms with van der Waals surface area (Å²) in [4.78, 5) is 24.0. The summed E-state index contributed by atoms with van der Waals surface area (Å²) in [5.74, 6) is 2.83. The maximum absolute atomic E-state index is 12.8. The second-order valence-corrected chi connectivity index (χ2v) is 9.20. The predicted molar refractivity (Wildman–Crippen MR) is 122 cm³/mol. The van der Waals surface area contributed by atoms with Gasteiger partial charge in [-0.3, -0.25) is 4.79 Å². The fourth-order valence-electron chi connectivity index (χ4n) is 4.45. The molecule has 3 aliphatic rings. The molecule has 3 fully saturated rings. The van der Waals surface area contributed by atoms with Crippen molar-refractivity contribution in [2.45, 2.75) is 70.9 Å². The first-order valence-corrected chi connectivity index (χ1v) is 12.1. The van der Waals surface area contributed by atoms with Crippen molar-refractivity contribution in [3.8, 4) is 5.88 Å². The summed E-state index contributed by atoms with van der Waals surface area (Å²) < 4.78 is 5.71. The van der Waals surface area contributed by atoms with Crippen molar-refractivity contribution in [2.24, 2.45) is 16.8 Å². The number of hydrogen-bond acceptors (Lipinski definition) is 4. The van der Waals surface area contributed by atoms with Crippen molar-refractivity contribution in [1.82, 2.24) is 20.5 Å². The number of pyridine rings is 1. The molecule has 170 valence electrons. The number of aromatic nitrogens is 1. The number of nitrogens with zero attached hydrogens (tertiary/aromatic N) is 3. The van der Waals surface area contributed by atoms with Crippen LogP contribution in [0.3, 0.4) is 0 Å². The molecule has 1 aromatic heterocycles. The summed E-state index contributed by atoms with van der Waals surface area (Å²) in [5.41, 5.74) is 1.05.